The van der Waals surface area contributed by atoms with Crippen LogP contribution in [0.5, 0.6) is 0 Å². The molecule has 6 heteroatoms. The molecule has 22 heavy (non-hydrogen) atoms. The van der Waals surface area contributed by atoms with Gasteiger partial charge < -0.3 is 10.6 Å². The summed E-state index contributed by atoms with van der Waals surface area (Å²) in [6.07, 6.45) is 2.97. The summed E-state index contributed by atoms with van der Waals surface area (Å²) in [4.78, 5) is 24.4. The smallest absolute Gasteiger partial charge is 0.239 e. The highest BCUT2D eigenvalue weighted by Gasteiger charge is 2.35. The fraction of sp³-hybridized carbons (Fsp3) is 0.500. The Bertz CT molecular complexity index is 547. The molecular weight excluding hydrogens is 307 g/mol. The van der Waals surface area contributed by atoms with Crippen molar-refractivity contribution >= 4 is 29.1 Å². The Balaban J connectivity index is 2.64. The van der Waals surface area contributed by atoms with Crippen LogP contribution >= 0.6 is 11.6 Å². The second-order valence-corrected chi connectivity index (χ2v) is 6.08. The van der Waals surface area contributed by atoms with Crippen molar-refractivity contribution in [2.75, 3.05) is 11.9 Å². The van der Waals surface area contributed by atoms with Crippen LogP contribution in [0, 0.1) is 11.2 Å². The number of nitrogens with one attached hydrogen (secondary N) is 2. The van der Waals surface area contributed by atoms with Crippen molar-refractivity contribution in [3.05, 3.63) is 29.0 Å². The van der Waals surface area contributed by atoms with E-state index in [9.17, 15) is 14.0 Å². The standard InChI is InChI=1S/C16H22ClFN2O2/c1-4-5-6-9-19-14(21)16(2,3)15(22)20-11-7-8-13(18)12(17)10-11/h7-8,10H,4-6,9H2,1-3H3,(H,19,21)(H,20,22). The van der Waals surface area contributed by atoms with Crippen molar-refractivity contribution in [1.29, 1.82) is 0 Å². The zero-order chi connectivity index (χ0) is 16.8. The first-order valence-corrected chi connectivity index (χ1v) is 7.71. The van der Waals surface area contributed by atoms with Gasteiger partial charge in [-0.05, 0) is 38.5 Å². The van der Waals surface area contributed by atoms with Crippen LogP contribution in [0.2, 0.25) is 5.02 Å². The number of unbranched alkanes of at least 4 members (excludes halogenated alkanes) is 2. The quantitative estimate of drug-likeness (QED) is 0.591. The number of anilines is 1. The van der Waals surface area contributed by atoms with Gasteiger partial charge in [-0.3, -0.25) is 9.59 Å². The number of carbonyl (C=O) groups is 2. The predicted octanol–water partition coefficient (Wildman–Crippen LogP) is 3.75. The first kappa shape index (κ1) is 18.4. The van der Waals surface area contributed by atoms with Gasteiger partial charge in [0.25, 0.3) is 0 Å². The minimum Gasteiger partial charge on any atom is -0.355 e. The molecule has 0 atom stereocenters. The molecule has 1 aromatic rings. The second kappa shape index (κ2) is 8.13. The molecule has 0 saturated heterocycles. The molecule has 1 rings (SSSR count). The number of amides is 2. The molecule has 0 heterocycles. The zero-order valence-electron chi connectivity index (χ0n) is 13.1. The van der Waals surface area contributed by atoms with Gasteiger partial charge in [-0.25, -0.2) is 4.39 Å². The highest BCUT2D eigenvalue weighted by molar-refractivity contribution is 6.31. The molecule has 0 aliphatic heterocycles. The topological polar surface area (TPSA) is 58.2 Å². The van der Waals surface area contributed by atoms with Crippen LogP contribution in [0.25, 0.3) is 0 Å². The first-order chi connectivity index (χ1) is 10.3. The summed E-state index contributed by atoms with van der Waals surface area (Å²) in [6.45, 7) is 5.71. The van der Waals surface area contributed by atoms with Gasteiger partial charge >= 0.3 is 0 Å². The Morgan fingerprint density at radius 3 is 2.50 bits per heavy atom. The van der Waals surface area contributed by atoms with Gasteiger partial charge in [-0.2, -0.15) is 0 Å². The van der Waals surface area contributed by atoms with E-state index in [2.05, 4.69) is 17.6 Å². The molecule has 1 aromatic carbocycles. The van der Waals surface area contributed by atoms with Crippen molar-refractivity contribution in [2.45, 2.75) is 40.0 Å². The third kappa shape index (κ3) is 4.98. The van der Waals surface area contributed by atoms with E-state index in [1.807, 2.05) is 0 Å². The molecule has 0 bridgehead atoms. The summed E-state index contributed by atoms with van der Waals surface area (Å²) < 4.78 is 13.1. The predicted molar refractivity (Wildman–Crippen MR) is 86.4 cm³/mol. The molecule has 2 N–H and O–H groups in total. The van der Waals surface area contributed by atoms with Crippen LogP contribution in [0.4, 0.5) is 10.1 Å². The highest BCUT2D eigenvalue weighted by Crippen LogP contribution is 2.23. The van der Waals surface area contributed by atoms with Gasteiger partial charge in [0.15, 0.2) is 0 Å². The van der Waals surface area contributed by atoms with Crippen molar-refractivity contribution in [3.63, 3.8) is 0 Å². The lowest BCUT2D eigenvalue weighted by atomic mass is 9.91. The van der Waals surface area contributed by atoms with Gasteiger partial charge in [0.1, 0.15) is 11.2 Å². The van der Waals surface area contributed by atoms with Gasteiger partial charge in [-0.15, -0.1) is 0 Å². The van der Waals surface area contributed by atoms with E-state index in [0.717, 1.165) is 25.3 Å². The summed E-state index contributed by atoms with van der Waals surface area (Å²) in [6, 6.07) is 3.87. The minimum atomic E-state index is -1.23. The maximum absolute atomic E-state index is 13.1. The monoisotopic (exact) mass is 328 g/mol. The van der Waals surface area contributed by atoms with Gasteiger partial charge in [-0.1, -0.05) is 31.4 Å². The summed E-state index contributed by atoms with van der Waals surface area (Å²) in [5.74, 6) is -1.37. The average Bonchev–Trinajstić information content (AvgIpc) is 2.47. The van der Waals surface area contributed by atoms with Crippen LogP contribution in [-0.4, -0.2) is 18.4 Å². The van der Waals surface area contributed by atoms with Crippen LogP contribution < -0.4 is 10.6 Å². The molecule has 122 valence electrons. The van der Waals surface area contributed by atoms with E-state index >= 15 is 0 Å². The Kier molecular flexibility index (Phi) is 6.81. The number of carbonyl (C=O) groups excluding carboxylic acids is 2. The van der Waals surface area contributed by atoms with E-state index in [1.54, 1.807) is 13.8 Å². The Labute approximate surface area is 135 Å². The second-order valence-electron chi connectivity index (χ2n) is 5.67. The number of hydrogen-bond acceptors (Lipinski definition) is 2. The van der Waals surface area contributed by atoms with E-state index in [1.165, 1.54) is 12.1 Å². The molecule has 0 saturated carbocycles. The molecule has 0 fully saturated rings. The summed E-state index contributed by atoms with van der Waals surface area (Å²) >= 11 is 5.67. The molecule has 0 spiro atoms. The molecular formula is C16H22ClFN2O2. The number of benzene rings is 1. The van der Waals surface area contributed by atoms with Crippen molar-refractivity contribution in [2.24, 2.45) is 5.41 Å². The van der Waals surface area contributed by atoms with Gasteiger partial charge in [0.05, 0.1) is 5.02 Å². The number of halogens is 2. The van der Waals surface area contributed by atoms with E-state index < -0.39 is 17.1 Å². The number of rotatable bonds is 7. The lowest BCUT2D eigenvalue weighted by molar-refractivity contribution is -0.138. The first-order valence-electron chi connectivity index (χ1n) is 7.33. The zero-order valence-corrected chi connectivity index (χ0v) is 13.9. The summed E-state index contributed by atoms with van der Waals surface area (Å²) in [5.41, 5.74) is -0.879. The minimum absolute atomic E-state index is 0.0837. The summed E-state index contributed by atoms with van der Waals surface area (Å²) in [5, 5.41) is 5.26. The molecule has 4 nitrogen and oxygen atoms in total. The highest BCUT2D eigenvalue weighted by atomic mass is 35.5. The van der Waals surface area contributed by atoms with E-state index in [0.29, 0.717) is 12.2 Å². The lowest BCUT2D eigenvalue weighted by Crippen LogP contribution is -2.45. The molecule has 0 aromatic heterocycles. The lowest BCUT2D eigenvalue weighted by Gasteiger charge is -2.22. The van der Waals surface area contributed by atoms with Crippen molar-refractivity contribution in [3.8, 4) is 0 Å². The number of hydrogen-bond donors (Lipinski definition) is 2. The van der Waals surface area contributed by atoms with Gasteiger partial charge in [0.2, 0.25) is 11.8 Å². The molecule has 0 aliphatic carbocycles. The maximum Gasteiger partial charge on any atom is 0.239 e. The fourth-order valence-electron chi connectivity index (χ4n) is 1.76. The van der Waals surface area contributed by atoms with Crippen LogP contribution in [0.1, 0.15) is 40.0 Å². The third-order valence-electron chi connectivity index (χ3n) is 3.38. The SMILES string of the molecule is CCCCCNC(=O)C(C)(C)C(=O)Nc1ccc(F)c(Cl)c1. The van der Waals surface area contributed by atoms with Crippen molar-refractivity contribution in [1.82, 2.24) is 5.32 Å². The third-order valence-corrected chi connectivity index (χ3v) is 3.67. The van der Waals surface area contributed by atoms with E-state index in [4.69, 9.17) is 11.6 Å². The maximum atomic E-state index is 13.1. The Hall–Kier alpha value is -1.62. The average molecular weight is 329 g/mol. The van der Waals surface area contributed by atoms with E-state index in [-0.39, 0.29) is 10.9 Å². The Morgan fingerprint density at radius 1 is 1.23 bits per heavy atom. The molecule has 2 amide bonds. The normalized spacial score (nSPS) is 11.1. The fourth-order valence-corrected chi connectivity index (χ4v) is 1.94. The molecule has 0 radical (unpaired) electrons. The largest absolute Gasteiger partial charge is 0.355 e. The van der Waals surface area contributed by atoms with Gasteiger partial charge in [0, 0.05) is 12.2 Å². The molecule has 0 aliphatic rings. The van der Waals surface area contributed by atoms with Crippen molar-refractivity contribution < 1.29 is 14.0 Å². The van der Waals surface area contributed by atoms with Crippen LogP contribution in [0.15, 0.2) is 18.2 Å². The van der Waals surface area contributed by atoms with Crippen LogP contribution in [0.3, 0.4) is 0 Å². The van der Waals surface area contributed by atoms with Crippen LogP contribution in [-0.2, 0) is 9.59 Å². The molecule has 0 unspecified atom stereocenters. The summed E-state index contributed by atoms with van der Waals surface area (Å²) in [7, 11) is 0. The Morgan fingerprint density at radius 2 is 1.91 bits per heavy atom.